The van der Waals surface area contributed by atoms with E-state index in [0.717, 1.165) is 38.8 Å². The second-order valence-corrected chi connectivity index (χ2v) is 9.32. The molecule has 28 heavy (non-hydrogen) atoms. The molecule has 3 aromatic rings. The molecule has 0 fully saturated rings. The lowest BCUT2D eigenvalue weighted by atomic mass is 10.0. The molecule has 0 unspecified atom stereocenters. The molecule has 1 amide bonds. The zero-order chi connectivity index (χ0) is 20.1. The highest BCUT2D eigenvalue weighted by Crippen LogP contribution is 2.32. The molecule has 1 aliphatic rings. The monoisotopic (exact) mass is 468 g/mol. The SMILES string of the molecule is O=C(c1ccc(S(=O)(=O)C(F)F)cc1)N1CCc2[nH]c3c(Br)cccc3c2C1. The molecule has 1 aromatic heterocycles. The number of H-pyrrole nitrogens is 1. The van der Waals surface area contributed by atoms with Crippen LogP contribution >= 0.6 is 15.9 Å². The number of aromatic amines is 1. The van der Waals surface area contributed by atoms with E-state index in [1.54, 1.807) is 4.90 Å². The quantitative estimate of drug-likeness (QED) is 0.628. The Morgan fingerprint density at radius 1 is 1.14 bits per heavy atom. The van der Waals surface area contributed by atoms with Crippen LogP contribution < -0.4 is 0 Å². The molecule has 5 nitrogen and oxygen atoms in total. The van der Waals surface area contributed by atoms with Gasteiger partial charge in [0.1, 0.15) is 0 Å². The Bertz CT molecular complexity index is 1170. The summed E-state index contributed by atoms with van der Waals surface area (Å²) in [5, 5.41) is 1.04. The topological polar surface area (TPSA) is 70.2 Å². The molecule has 2 heterocycles. The van der Waals surface area contributed by atoms with Crippen LogP contribution in [0.3, 0.4) is 0 Å². The van der Waals surface area contributed by atoms with Crippen molar-refractivity contribution < 1.29 is 22.0 Å². The van der Waals surface area contributed by atoms with Gasteiger partial charge in [0.2, 0.25) is 9.84 Å². The van der Waals surface area contributed by atoms with Crippen LogP contribution in [-0.4, -0.2) is 36.5 Å². The predicted molar refractivity (Wildman–Crippen MR) is 104 cm³/mol. The van der Waals surface area contributed by atoms with Gasteiger partial charge in [-0.1, -0.05) is 12.1 Å². The minimum Gasteiger partial charge on any atom is -0.357 e. The Hall–Kier alpha value is -2.26. The first-order valence-corrected chi connectivity index (χ1v) is 10.8. The molecule has 0 atom stereocenters. The van der Waals surface area contributed by atoms with Crippen molar-refractivity contribution in [3.63, 3.8) is 0 Å². The summed E-state index contributed by atoms with van der Waals surface area (Å²) in [5.41, 5.74) is 3.39. The van der Waals surface area contributed by atoms with Gasteiger partial charge in [0.05, 0.1) is 10.4 Å². The van der Waals surface area contributed by atoms with Crippen molar-refractivity contribution in [2.75, 3.05) is 6.54 Å². The summed E-state index contributed by atoms with van der Waals surface area (Å²) in [6.45, 7) is 0.926. The van der Waals surface area contributed by atoms with Crippen molar-refractivity contribution in [1.29, 1.82) is 0 Å². The average Bonchev–Trinajstić information content (AvgIpc) is 3.07. The number of hydrogen-bond acceptors (Lipinski definition) is 3. The number of nitrogens with zero attached hydrogens (tertiary/aromatic N) is 1. The maximum absolute atomic E-state index is 12.8. The van der Waals surface area contributed by atoms with E-state index in [1.807, 2.05) is 18.2 Å². The number of fused-ring (bicyclic) bond motifs is 3. The second kappa shape index (κ2) is 6.97. The van der Waals surface area contributed by atoms with E-state index in [9.17, 15) is 22.0 Å². The maximum Gasteiger partial charge on any atom is 0.341 e. The second-order valence-electron chi connectivity index (χ2n) is 6.55. The molecule has 0 spiro atoms. The van der Waals surface area contributed by atoms with Gasteiger partial charge in [-0.25, -0.2) is 8.42 Å². The maximum atomic E-state index is 12.8. The van der Waals surface area contributed by atoms with Crippen molar-refractivity contribution in [1.82, 2.24) is 9.88 Å². The molecule has 0 aliphatic carbocycles. The highest BCUT2D eigenvalue weighted by atomic mass is 79.9. The van der Waals surface area contributed by atoms with Crippen LogP contribution in [0.2, 0.25) is 0 Å². The fourth-order valence-corrected chi connectivity index (χ4v) is 4.63. The van der Waals surface area contributed by atoms with Crippen LogP contribution in [0.25, 0.3) is 10.9 Å². The van der Waals surface area contributed by atoms with Gasteiger partial charge in [-0.05, 0) is 46.3 Å². The van der Waals surface area contributed by atoms with Crippen molar-refractivity contribution >= 4 is 42.6 Å². The third kappa shape index (κ3) is 3.12. The molecular weight excluding hydrogens is 454 g/mol. The van der Waals surface area contributed by atoms with Crippen molar-refractivity contribution in [2.24, 2.45) is 0 Å². The third-order valence-corrected chi connectivity index (χ3v) is 6.97. The van der Waals surface area contributed by atoms with E-state index < -0.39 is 20.5 Å². The minimum atomic E-state index is -4.67. The van der Waals surface area contributed by atoms with E-state index in [1.165, 1.54) is 12.1 Å². The largest absolute Gasteiger partial charge is 0.357 e. The number of aromatic nitrogens is 1. The zero-order valence-corrected chi connectivity index (χ0v) is 16.9. The van der Waals surface area contributed by atoms with Gasteiger partial charge >= 0.3 is 5.76 Å². The van der Waals surface area contributed by atoms with Crippen LogP contribution in [0.15, 0.2) is 51.8 Å². The summed E-state index contributed by atoms with van der Waals surface area (Å²) in [7, 11) is -4.67. The first-order valence-electron chi connectivity index (χ1n) is 8.48. The highest BCUT2D eigenvalue weighted by molar-refractivity contribution is 9.10. The minimum absolute atomic E-state index is 0.262. The number of alkyl halides is 2. The van der Waals surface area contributed by atoms with Crippen molar-refractivity contribution in [3.05, 3.63) is 63.8 Å². The molecule has 9 heteroatoms. The van der Waals surface area contributed by atoms with E-state index >= 15 is 0 Å². The van der Waals surface area contributed by atoms with Crippen LogP contribution in [0.1, 0.15) is 21.6 Å². The molecule has 1 N–H and O–H groups in total. The molecule has 0 saturated heterocycles. The fourth-order valence-electron chi connectivity index (χ4n) is 3.45. The van der Waals surface area contributed by atoms with Crippen molar-refractivity contribution in [3.8, 4) is 0 Å². The number of hydrogen-bond donors (Lipinski definition) is 1. The van der Waals surface area contributed by atoms with E-state index in [4.69, 9.17) is 0 Å². The number of rotatable bonds is 3. The number of amides is 1. The summed E-state index contributed by atoms with van der Waals surface area (Å²) in [4.78, 5) is 17.4. The summed E-state index contributed by atoms with van der Waals surface area (Å²) >= 11 is 3.52. The van der Waals surface area contributed by atoms with Crippen LogP contribution in [0.5, 0.6) is 0 Å². The first-order chi connectivity index (χ1) is 13.3. The van der Waals surface area contributed by atoms with E-state index in [-0.39, 0.29) is 11.5 Å². The molecule has 0 bridgehead atoms. The average molecular weight is 469 g/mol. The van der Waals surface area contributed by atoms with Gasteiger partial charge in [-0.2, -0.15) is 8.78 Å². The fraction of sp³-hybridized carbons (Fsp3) is 0.211. The van der Waals surface area contributed by atoms with E-state index in [0.29, 0.717) is 19.5 Å². The summed E-state index contributed by atoms with van der Waals surface area (Å²) in [6, 6.07) is 10.5. The number of carbonyl (C=O) groups excluding carboxylic acids is 1. The predicted octanol–water partition coefficient (Wildman–Crippen LogP) is 4.13. The number of sulfone groups is 1. The Kier molecular flexibility index (Phi) is 4.75. The van der Waals surface area contributed by atoms with E-state index in [2.05, 4.69) is 20.9 Å². The zero-order valence-electron chi connectivity index (χ0n) is 14.5. The molecule has 2 aromatic carbocycles. The van der Waals surface area contributed by atoms with Crippen LogP contribution in [0.4, 0.5) is 8.78 Å². The number of carbonyl (C=O) groups is 1. The van der Waals surface area contributed by atoms with Gasteiger partial charge in [0.25, 0.3) is 5.91 Å². The summed E-state index contributed by atoms with van der Waals surface area (Å²) in [5.74, 6) is -3.76. The van der Waals surface area contributed by atoms with Gasteiger partial charge in [-0.15, -0.1) is 0 Å². The van der Waals surface area contributed by atoms with Gasteiger partial charge in [-0.3, -0.25) is 4.79 Å². The highest BCUT2D eigenvalue weighted by Gasteiger charge is 2.28. The number of halogens is 3. The molecule has 4 rings (SSSR count). The van der Waals surface area contributed by atoms with Crippen LogP contribution in [0, 0.1) is 0 Å². The standard InChI is InChI=1S/C19H15BrF2N2O3S/c20-15-3-1-2-13-14-10-24(9-8-16(14)23-17(13)15)18(25)11-4-6-12(7-5-11)28(26,27)19(21)22/h1-7,19,23H,8-10H2. The first kappa shape index (κ1) is 19.1. The molecular formula is C19H15BrF2N2O3S. The smallest absolute Gasteiger partial charge is 0.341 e. The van der Waals surface area contributed by atoms with Crippen molar-refractivity contribution in [2.45, 2.75) is 23.6 Å². The lowest BCUT2D eigenvalue weighted by molar-refractivity contribution is 0.0735. The van der Waals surface area contributed by atoms with Gasteiger partial charge in [0, 0.05) is 46.2 Å². The Morgan fingerprint density at radius 3 is 2.54 bits per heavy atom. The number of benzene rings is 2. The third-order valence-electron chi connectivity index (χ3n) is 4.91. The Labute approximate surface area is 168 Å². The van der Waals surface area contributed by atoms with Gasteiger partial charge < -0.3 is 9.88 Å². The molecule has 1 aliphatic heterocycles. The van der Waals surface area contributed by atoms with Gasteiger partial charge in [0.15, 0.2) is 0 Å². The number of para-hydroxylation sites is 1. The Balaban J connectivity index is 1.60. The molecule has 146 valence electrons. The lowest BCUT2D eigenvalue weighted by Crippen LogP contribution is -2.35. The normalized spacial score (nSPS) is 14.5. The molecule has 0 saturated carbocycles. The number of nitrogens with one attached hydrogen (secondary N) is 1. The van der Waals surface area contributed by atoms with Crippen LogP contribution in [-0.2, 0) is 22.8 Å². The Morgan fingerprint density at radius 2 is 1.86 bits per heavy atom. The molecule has 0 radical (unpaired) electrons. The summed E-state index contributed by atoms with van der Waals surface area (Å²) in [6.07, 6.45) is 0.667. The summed E-state index contributed by atoms with van der Waals surface area (Å²) < 4.78 is 49.3. The lowest BCUT2D eigenvalue weighted by Gasteiger charge is -2.27.